The van der Waals surface area contributed by atoms with Crippen LogP contribution in [0.4, 0.5) is 61.5 Å². The highest BCUT2D eigenvalue weighted by molar-refractivity contribution is 5.37. The Labute approximate surface area is 276 Å². The zero-order chi connectivity index (χ0) is 37.4. The maximum absolute atomic E-state index is 14.3. The summed E-state index contributed by atoms with van der Waals surface area (Å²) >= 11 is 0. The van der Waals surface area contributed by atoms with Crippen LogP contribution in [0.5, 0.6) is 0 Å². The average Bonchev–Trinajstić information content (AvgIpc) is 3.86. The molecule has 49 heavy (non-hydrogen) atoms. The fourth-order valence-corrected chi connectivity index (χ4v) is 10.8. The van der Waals surface area contributed by atoms with Gasteiger partial charge in [-0.05, 0) is 106 Å². The molecule has 7 fully saturated rings. The van der Waals surface area contributed by atoms with E-state index in [1.807, 2.05) is 0 Å². The Morgan fingerprint density at radius 1 is 0.592 bits per heavy atom. The maximum atomic E-state index is 14.3. The minimum Gasteiger partial charge on any atom is -0.505 e. The molecule has 0 aromatic carbocycles. The quantitative estimate of drug-likeness (QED) is 0.163. The van der Waals surface area contributed by atoms with E-state index in [1.54, 1.807) is 14.2 Å². The molecule has 6 bridgehead atoms. The molecular weight excluding hydrogens is 694 g/mol. The molecule has 0 heterocycles. The fraction of sp³-hybridized carbons (Fsp3) is 0.879. The number of methoxy groups -OCH3 is 2. The van der Waals surface area contributed by atoms with Crippen molar-refractivity contribution >= 4 is 0 Å². The smallest absolute Gasteiger partial charge is 0.402 e. The number of hydrogen-bond donors (Lipinski definition) is 0. The van der Waals surface area contributed by atoms with Crippen molar-refractivity contribution in [2.45, 2.75) is 106 Å². The molecular formula is C33H42F14O2. The van der Waals surface area contributed by atoms with Crippen molar-refractivity contribution in [1.29, 1.82) is 0 Å². The van der Waals surface area contributed by atoms with Gasteiger partial charge in [0.1, 0.15) is 0 Å². The maximum Gasteiger partial charge on any atom is 0.402 e. The first-order valence-electron chi connectivity index (χ1n) is 16.2. The van der Waals surface area contributed by atoms with Crippen LogP contribution in [0.3, 0.4) is 0 Å². The van der Waals surface area contributed by atoms with Gasteiger partial charge in [-0.25, -0.2) is 8.78 Å². The Hall–Kier alpha value is -1.90. The number of rotatable bonds is 4. The molecule has 0 aliphatic heterocycles. The van der Waals surface area contributed by atoms with E-state index < -0.39 is 77.5 Å². The number of ether oxygens (including phenoxy) is 2. The number of hydrogen-bond acceptors (Lipinski definition) is 2. The molecule has 0 aromatic rings. The molecule has 16 heteroatoms. The lowest BCUT2D eigenvalue weighted by Gasteiger charge is -2.42. The number of alkyl halides is 14. The standard InChI is InChI=1S/C17H22F6.C10H8F8.2C3H6O/c1-15(16(18,19)20,17(21,22)23)7-11-5-10-6-12(11)14-9-3-2-8(4-9)13(10)14;11-6-4-1-2-5(3-4)7(6,12)9(15,16)10(17,18)8(6,13)14;2*1-3-4-2/h8-14H,2-7H2,1H3;4-5H,1-3H2;2*3H,1H2,2H3. The highest BCUT2D eigenvalue weighted by Gasteiger charge is 3.03. The Morgan fingerprint density at radius 2 is 1.00 bits per heavy atom. The van der Waals surface area contributed by atoms with E-state index >= 15 is 0 Å². The average molecular weight is 737 g/mol. The van der Waals surface area contributed by atoms with Crippen molar-refractivity contribution in [2.24, 2.45) is 58.7 Å². The van der Waals surface area contributed by atoms with Crippen molar-refractivity contribution in [3.05, 3.63) is 25.7 Å². The van der Waals surface area contributed by atoms with E-state index in [-0.39, 0.29) is 18.8 Å². The molecule has 0 N–H and O–H groups in total. The Kier molecular flexibility index (Phi) is 10.3. The molecule has 0 amide bonds. The second-order valence-electron chi connectivity index (χ2n) is 14.8. The van der Waals surface area contributed by atoms with Crippen LogP contribution >= 0.6 is 0 Å². The van der Waals surface area contributed by atoms with Gasteiger partial charge in [-0.1, -0.05) is 13.2 Å². The van der Waals surface area contributed by atoms with Gasteiger partial charge in [-0.15, -0.1) is 0 Å². The lowest BCUT2D eigenvalue weighted by molar-refractivity contribution is -0.340. The first kappa shape index (κ1) is 39.9. The third kappa shape index (κ3) is 5.30. The summed E-state index contributed by atoms with van der Waals surface area (Å²) in [6.07, 6.45) is -4.58. The zero-order valence-corrected chi connectivity index (χ0v) is 27.2. The van der Waals surface area contributed by atoms with E-state index in [0.717, 1.165) is 12.8 Å². The molecule has 7 aliphatic rings. The van der Waals surface area contributed by atoms with Crippen LogP contribution < -0.4 is 0 Å². The minimum atomic E-state index is -6.01. The third-order valence-electron chi connectivity index (χ3n) is 12.9. The molecule has 2 nitrogen and oxygen atoms in total. The summed E-state index contributed by atoms with van der Waals surface area (Å²) in [5, 5.41) is 0. The largest absolute Gasteiger partial charge is 0.505 e. The fourth-order valence-electron chi connectivity index (χ4n) is 10.8. The zero-order valence-electron chi connectivity index (χ0n) is 27.2. The van der Waals surface area contributed by atoms with E-state index in [0.29, 0.717) is 42.9 Å². The van der Waals surface area contributed by atoms with Gasteiger partial charge in [0.25, 0.3) is 0 Å². The van der Waals surface area contributed by atoms with Crippen molar-refractivity contribution in [1.82, 2.24) is 0 Å². The Balaban J connectivity index is 0.000000185. The third-order valence-corrected chi connectivity index (χ3v) is 12.9. The van der Waals surface area contributed by atoms with Crippen LogP contribution in [0.15, 0.2) is 25.7 Å². The van der Waals surface area contributed by atoms with Crippen molar-refractivity contribution in [3.63, 3.8) is 0 Å². The minimum absolute atomic E-state index is 0.101. The summed E-state index contributed by atoms with van der Waals surface area (Å²) in [5.74, 6) is -18.6. The van der Waals surface area contributed by atoms with Crippen LogP contribution in [-0.4, -0.2) is 55.7 Å². The molecule has 11 atom stereocenters. The molecule has 284 valence electrons. The monoisotopic (exact) mass is 736 g/mol. The topological polar surface area (TPSA) is 18.5 Å². The lowest BCUT2D eigenvalue weighted by Crippen LogP contribution is -2.60. The predicted octanol–water partition coefficient (Wildman–Crippen LogP) is 11.1. The van der Waals surface area contributed by atoms with Crippen LogP contribution in [-0.2, 0) is 9.47 Å². The van der Waals surface area contributed by atoms with Gasteiger partial charge in [0.15, 0.2) is 5.41 Å². The summed E-state index contributed by atoms with van der Waals surface area (Å²) in [4.78, 5) is 0. The summed E-state index contributed by atoms with van der Waals surface area (Å²) in [6.45, 7) is 6.87. The predicted molar refractivity (Wildman–Crippen MR) is 150 cm³/mol. The molecule has 7 rings (SSSR count). The SMILES string of the molecule is C=COC.C=COC.CC(CC1CC2CC1C1C3CCC(C3)C21)(C(F)(F)F)C(F)(F)F.FC1(F)C(F)(F)C2(F)C3CCC(C3)C2(F)C1(F)F. The van der Waals surface area contributed by atoms with Gasteiger partial charge in [-0.3, -0.25) is 0 Å². The highest BCUT2D eigenvalue weighted by atomic mass is 19.4. The highest BCUT2D eigenvalue weighted by Crippen LogP contribution is 2.79. The molecule has 0 spiro atoms. The molecule has 0 aromatic heterocycles. The van der Waals surface area contributed by atoms with Gasteiger partial charge in [0.2, 0.25) is 11.3 Å². The first-order chi connectivity index (χ1) is 22.3. The van der Waals surface area contributed by atoms with Crippen LogP contribution in [0, 0.1) is 58.7 Å². The first-order valence-corrected chi connectivity index (χ1v) is 16.2. The number of halogens is 14. The van der Waals surface area contributed by atoms with Gasteiger partial charge in [-0.2, -0.15) is 52.7 Å². The lowest BCUT2D eigenvalue weighted by atomic mass is 9.64. The summed E-state index contributed by atoms with van der Waals surface area (Å²) in [6, 6.07) is 0. The molecule has 0 radical (unpaired) electrons. The van der Waals surface area contributed by atoms with Gasteiger partial charge < -0.3 is 9.47 Å². The van der Waals surface area contributed by atoms with E-state index in [2.05, 4.69) is 22.6 Å². The summed E-state index contributed by atoms with van der Waals surface area (Å²) in [7, 11) is 3.12. The molecule has 0 saturated heterocycles. The Bertz CT molecular complexity index is 1160. The van der Waals surface area contributed by atoms with E-state index in [1.165, 1.54) is 25.4 Å². The van der Waals surface area contributed by atoms with Crippen LogP contribution in [0.2, 0.25) is 0 Å². The molecule has 7 saturated carbocycles. The van der Waals surface area contributed by atoms with E-state index in [9.17, 15) is 61.5 Å². The Morgan fingerprint density at radius 3 is 1.39 bits per heavy atom. The van der Waals surface area contributed by atoms with Crippen molar-refractivity contribution in [3.8, 4) is 0 Å². The summed E-state index contributed by atoms with van der Waals surface area (Å²) < 4.78 is 196. The molecule has 11 unspecified atom stereocenters. The van der Waals surface area contributed by atoms with Crippen LogP contribution in [0.25, 0.3) is 0 Å². The molecule has 7 aliphatic carbocycles. The van der Waals surface area contributed by atoms with Crippen molar-refractivity contribution < 1.29 is 70.9 Å². The summed E-state index contributed by atoms with van der Waals surface area (Å²) in [5.41, 5.74) is -12.5. The van der Waals surface area contributed by atoms with Crippen LogP contribution in [0.1, 0.15) is 64.7 Å². The van der Waals surface area contributed by atoms with Crippen molar-refractivity contribution in [2.75, 3.05) is 14.2 Å². The second-order valence-corrected chi connectivity index (χ2v) is 14.8. The number of fused-ring (bicyclic) bond motifs is 14. The van der Waals surface area contributed by atoms with Gasteiger partial charge in [0.05, 0.1) is 26.7 Å². The van der Waals surface area contributed by atoms with E-state index in [4.69, 9.17) is 0 Å². The van der Waals surface area contributed by atoms with Gasteiger partial charge in [0, 0.05) is 11.8 Å². The second kappa shape index (κ2) is 12.6. The van der Waals surface area contributed by atoms with Gasteiger partial charge >= 0.3 is 30.1 Å². The normalized spacial score (nSPS) is 42.4.